The van der Waals surface area contributed by atoms with E-state index in [2.05, 4.69) is 10.3 Å². The largest absolute Gasteiger partial charge is 0.325 e. The highest BCUT2D eigenvalue weighted by Gasteiger charge is 2.28. The van der Waals surface area contributed by atoms with Gasteiger partial charge in [0.1, 0.15) is 0 Å². The van der Waals surface area contributed by atoms with Crippen molar-refractivity contribution < 1.29 is 0 Å². The second-order valence-electron chi connectivity index (χ2n) is 4.48. The molecule has 1 aromatic heterocycles. The number of hydrogen-bond donors (Lipinski definition) is 1. The molecule has 4 nitrogen and oxygen atoms in total. The van der Waals surface area contributed by atoms with Crippen LogP contribution in [-0.4, -0.2) is 20.5 Å². The minimum atomic E-state index is -0.0196. The molecule has 0 spiro atoms. The third-order valence-electron chi connectivity index (χ3n) is 3.03. The van der Waals surface area contributed by atoms with Crippen molar-refractivity contribution >= 4 is 0 Å². The Balaban J connectivity index is 2.01. The van der Waals surface area contributed by atoms with Gasteiger partial charge in [-0.25, -0.2) is 0 Å². The van der Waals surface area contributed by atoms with Gasteiger partial charge in [-0.1, -0.05) is 24.5 Å². The first-order valence-electron chi connectivity index (χ1n) is 5.32. The molecule has 1 saturated carbocycles. The summed E-state index contributed by atoms with van der Waals surface area (Å²) < 4.78 is 1.74. The lowest BCUT2D eigenvalue weighted by atomic mass is 9.79. The Morgan fingerprint density at radius 1 is 1.43 bits per heavy atom. The fraction of sp³-hybridized carbons (Fsp3) is 0.800. The minimum Gasteiger partial charge on any atom is -0.325 e. The van der Waals surface area contributed by atoms with Gasteiger partial charge in [0.15, 0.2) is 0 Å². The first-order valence-corrected chi connectivity index (χ1v) is 5.32. The summed E-state index contributed by atoms with van der Waals surface area (Å²) in [6, 6.07) is 0. The van der Waals surface area contributed by atoms with Crippen LogP contribution in [-0.2, 0) is 13.5 Å². The van der Waals surface area contributed by atoms with Crippen LogP contribution in [0.2, 0.25) is 0 Å². The predicted molar refractivity (Wildman–Crippen MR) is 54.7 cm³/mol. The Kier molecular flexibility index (Phi) is 2.54. The highest BCUT2D eigenvalue weighted by molar-refractivity contribution is 5.02. The lowest BCUT2D eigenvalue weighted by Crippen LogP contribution is -2.43. The summed E-state index contributed by atoms with van der Waals surface area (Å²) in [5.74, 6) is 0. The summed E-state index contributed by atoms with van der Waals surface area (Å²) in [6.45, 7) is 0. The summed E-state index contributed by atoms with van der Waals surface area (Å²) in [7, 11) is 1.89. The van der Waals surface area contributed by atoms with E-state index in [1.807, 2.05) is 13.2 Å². The normalized spacial score (nSPS) is 21.0. The van der Waals surface area contributed by atoms with E-state index < -0.39 is 0 Å². The fourth-order valence-corrected chi connectivity index (χ4v) is 2.27. The molecule has 0 saturated heterocycles. The number of aromatic nitrogens is 3. The number of nitrogens with zero attached hydrogens (tertiary/aromatic N) is 3. The summed E-state index contributed by atoms with van der Waals surface area (Å²) in [6.07, 6.45) is 8.95. The van der Waals surface area contributed by atoms with Crippen LogP contribution in [0.15, 0.2) is 6.20 Å². The van der Waals surface area contributed by atoms with Gasteiger partial charge >= 0.3 is 0 Å². The molecule has 0 amide bonds. The quantitative estimate of drug-likeness (QED) is 0.764. The van der Waals surface area contributed by atoms with E-state index in [0.717, 1.165) is 25.0 Å². The van der Waals surface area contributed by atoms with Crippen LogP contribution in [0.4, 0.5) is 0 Å². The second kappa shape index (κ2) is 3.69. The van der Waals surface area contributed by atoms with Crippen LogP contribution in [0.3, 0.4) is 0 Å². The van der Waals surface area contributed by atoms with Gasteiger partial charge in [0.25, 0.3) is 0 Å². The Bertz CT molecular complexity index is 299. The highest BCUT2D eigenvalue weighted by Crippen LogP contribution is 2.28. The Morgan fingerprint density at radius 3 is 2.71 bits per heavy atom. The van der Waals surface area contributed by atoms with Gasteiger partial charge in [0.2, 0.25) is 0 Å². The number of rotatable bonds is 2. The van der Waals surface area contributed by atoms with Gasteiger partial charge in [-0.15, -0.1) is 5.10 Å². The molecule has 0 bridgehead atoms. The standard InChI is InChI=1S/C10H18N4/c1-14-8-9(12-13-14)7-10(11)5-3-2-4-6-10/h8H,2-7,11H2,1H3. The molecule has 1 aliphatic rings. The van der Waals surface area contributed by atoms with E-state index in [1.54, 1.807) is 4.68 Å². The molecule has 1 aliphatic carbocycles. The van der Waals surface area contributed by atoms with E-state index in [1.165, 1.54) is 19.3 Å². The van der Waals surface area contributed by atoms with Gasteiger partial charge in [-0.2, -0.15) is 0 Å². The molecule has 0 aliphatic heterocycles. The van der Waals surface area contributed by atoms with E-state index in [9.17, 15) is 0 Å². The van der Waals surface area contributed by atoms with Crippen LogP contribution in [0.25, 0.3) is 0 Å². The third-order valence-corrected chi connectivity index (χ3v) is 3.03. The van der Waals surface area contributed by atoms with Crippen molar-refractivity contribution in [2.75, 3.05) is 0 Å². The molecule has 0 atom stereocenters. The van der Waals surface area contributed by atoms with Gasteiger partial charge in [0.05, 0.1) is 5.69 Å². The molecule has 0 aromatic carbocycles. The zero-order valence-electron chi connectivity index (χ0n) is 8.74. The first-order chi connectivity index (χ1) is 6.68. The number of aryl methyl sites for hydroxylation is 1. The Morgan fingerprint density at radius 2 is 2.14 bits per heavy atom. The zero-order chi connectivity index (χ0) is 10.0. The third kappa shape index (κ3) is 2.12. The van der Waals surface area contributed by atoms with E-state index >= 15 is 0 Å². The molecule has 1 fully saturated rings. The molecule has 0 unspecified atom stereocenters. The van der Waals surface area contributed by atoms with Crippen molar-refractivity contribution in [2.24, 2.45) is 12.8 Å². The Labute approximate surface area is 84.5 Å². The highest BCUT2D eigenvalue weighted by atomic mass is 15.4. The topological polar surface area (TPSA) is 56.7 Å². The van der Waals surface area contributed by atoms with Crippen molar-refractivity contribution in [3.05, 3.63) is 11.9 Å². The molecule has 0 radical (unpaired) electrons. The molecule has 1 heterocycles. The number of nitrogens with two attached hydrogens (primary N) is 1. The van der Waals surface area contributed by atoms with Crippen LogP contribution in [0, 0.1) is 0 Å². The van der Waals surface area contributed by atoms with Crippen molar-refractivity contribution in [3.63, 3.8) is 0 Å². The van der Waals surface area contributed by atoms with Crippen molar-refractivity contribution in [1.82, 2.24) is 15.0 Å². The van der Waals surface area contributed by atoms with Crippen LogP contribution in [0.1, 0.15) is 37.8 Å². The van der Waals surface area contributed by atoms with Crippen LogP contribution >= 0.6 is 0 Å². The lowest BCUT2D eigenvalue weighted by Gasteiger charge is -2.32. The Hall–Kier alpha value is -0.900. The zero-order valence-corrected chi connectivity index (χ0v) is 8.74. The van der Waals surface area contributed by atoms with Crippen LogP contribution < -0.4 is 5.73 Å². The summed E-state index contributed by atoms with van der Waals surface area (Å²) >= 11 is 0. The maximum atomic E-state index is 6.32. The summed E-state index contributed by atoms with van der Waals surface area (Å²) in [5.41, 5.74) is 7.33. The minimum absolute atomic E-state index is 0.0196. The monoisotopic (exact) mass is 194 g/mol. The molecule has 4 heteroatoms. The van der Waals surface area contributed by atoms with Gasteiger partial charge in [-0.05, 0) is 12.8 Å². The van der Waals surface area contributed by atoms with Gasteiger partial charge < -0.3 is 5.73 Å². The molecule has 2 N–H and O–H groups in total. The SMILES string of the molecule is Cn1cc(CC2(N)CCCCC2)nn1. The van der Waals surface area contributed by atoms with Crippen molar-refractivity contribution in [3.8, 4) is 0 Å². The number of hydrogen-bond acceptors (Lipinski definition) is 3. The summed E-state index contributed by atoms with van der Waals surface area (Å²) in [4.78, 5) is 0. The summed E-state index contributed by atoms with van der Waals surface area (Å²) in [5, 5.41) is 8.01. The van der Waals surface area contributed by atoms with Crippen LogP contribution in [0.5, 0.6) is 0 Å². The molecule has 14 heavy (non-hydrogen) atoms. The first kappa shape index (κ1) is 9.65. The predicted octanol–water partition coefficient (Wildman–Crippen LogP) is 1.02. The maximum Gasteiger partial charge on any atom is 0.0845 e. The van der Waals surface area contributed by atoms with Gasteiger partial charge in [0, 0.05) is 25.2 Å². The average Bonchev–Trinajstić information content (AvgIpc) is 2.51. The average molecular weight is 194 g/mol. The molecule has 2 rings (SSSR count). The van der Waals surface area contributed by atoms with Crippen molar-refractivity contribution in [1.29, 1.82) is 0 Å². The smallest absolute Gasteiger partial charge is 0.0845 e. The van der Waals surface area contributed by atoms with E-state index in [0.29, 0.717) is 0 Å². The molecule has 1 aromatic rings. The van der Waals surface area contributed by atoms with Gasteiger partial charge in [-0.3, -0.25) is 4.68 Å². The molecular formula is C10H18N4. The molecule has 78 valence electrons. The van der Waals surface area contributed by atoms with E-state index in [4.69, 9.17) is 5.73 Å². The molecular weight excluding hydrogens is 176 g/mol. The van der Waals surface area contributed by atoms with Crippen molar-refractivity contribution in [2.45, 2.75) is 44.1 Å². The second-order valence-corrected chi connectivity index (χ2v) is 4.48. The lowest BCUT2D eigenvalue weighted by molar-refractivity contribution is 0.292. The maximum absolute atomic E-state index is 6.32. The van der Waals surface area contributed by atoms with E-state index in [-0.39, 0.29) is 5.54 Å². The fourth-order valence-electron chi connectivity index (χ4n) is 2.27.